The summed E-state index contributed by atoms with van der Waals surface area (Å²) in [7, 11) is 0. The van der Waals surface area contributed by atoms with Crippen molar-refractivity contribution < 1.29 is 19.1 Å². The highest BCUT2D eigenvalue weighted by Gasteiger charge is 2.38. The van der Waals surface area contributed by atoms with Crippen molar-refractivity contribution in [3.05, 3.63) is 35.9 Å². The molecule has 0 bridgehead atoms. The highest BCUT2D eigenvalue weighted by atomic mass is 16.5. The van der Waals surface area contributed by atoms with E-state index >= 15 is 0 Å². The summed E-state index contributed by atoms with van der Waals surface area (Å²) < 4.78 is 5.04. The number of hydrogen-bond acceptors (Lipinski definition) is 4. The van der Waals surface area contributed by atoms with Gasteiger partial charge in [0.1, 0.15) is 0 Å². The first-order valence-electron chi connectivity index (χ1n) is 8.30. The number of likely N-dealkylation sites (tertiary alicyclic amines) is 1. The van der Waals surface area contributed by atoms with Gasteiger partial charge in [-0.2, -0.15) is 0 Å². The SMILES string of the molecule is CCCNC(=O)COC(=O)[C@H]1CC(=O)N([C@H](C)c2ccccc2)C1. The Labute approximate surface area is 142 Å². The summed E-state index contributed by atoms with van der Waals surface area (Å²) in [5.41, 5.74) is 1.03. The molecule has 1 saturated heterocycles. The van der Waals surface area contributed by atoms with Crippen LogP contribution in [-0.2, 0) is 19.1 Å². The fourth-order valence-corrected chi connectivity index (χ4v) is 2.75. The summed E-state index contributed by atoms with van der Waals surface area (Å²) in [6.07, 6.45) is 0.954. The third kappa shape index (κ3) is 4.57. The molecule has 1 heterocycles. The van der Waals surface area contributed by atoms with Gasteiger partial charge in [0.05, 0.1) is 12.0 Å². The molecular formula is C18H24N2O4. The quantitative estimate of drug-likeness (QED) is 0.771. The number of hydrogen-bond donors (Lipinski definition) is 1. The monoisotopic (exact) mass is 332 g/mol. The maximum Gasteiger partial charge on any atom is 0.311 e. The maximum absolute atomic E-state index is 12.2. The second kappa shape index (κ2) is 8.47. The van der Waals surface area contributed by atoms with Gasteiger partial charge in [-0.15, -0.1) is 0 Å². The number of nitrogens with one attached hydrogen (secondary N) is 1. The Balaban J connectivity index is 1.87. The average Bonchev–Trinajstić information content (AvgIpc) is 2.99. The number of esters is 1. The zero-order valence-corrected chi connectivity index (χ0v) is 14.2. The standard InChI is InChI=1S/C18H24N2O4/c1-3-9-19-16(21)12-24-18(23)15-10-17(22)20(11-15)13(2)14-7-5-4-6-8-14/h4-8,13,15H,3,9-12H2,1-2H3,(H,19,21)/t13-,15+/m1/s1. The van der Waals surface area contributed by atoms with Crippen LogP contribution >= 0.6 is 0 Å². The fraction of sp³-hybridized carbons (Fsp3) is 0.500. The molecule has 1 fully saturated rings. The Hall–Kier alpha value is -2.37. The highest BCUT2D eigenvalue weighted by Crippen LogP contribution is 2.28. The molecular weight excluding hydrogens is 308 g/mol. The topological polar surface area (TPSA) is 75.7 Å². The van der Waals surface area contributed by atoms with Crippen molar-refractivity contribution in [3.63, 3.8) is 0 Å². The number of nitrogens with zero attached hydrogens (tertiary/aromatic N) is 1. The second-order valence-electron chi connectivity index (χ2n) is 5.99. The van der Waals surface area contributed by atoms with Gasteiger partial charge in [0.25, 0.3) is 5.91 Å². The molecule has 130 valence electrons. The van der Waals surface area contributed by atoms with E-state index < -0.39 is 11.9 Å². The molecule has 1 N–H and O–H groups in total. The van der Waals surface area contributed by atoms with E-state index in [9.17, 15) is 14.4 Å². The number of amides is 2. The first-order chi connectivity index (χ1) is 11.5. The van der Waals surface area contributed by atoms with Gasteiger partial charge in [-0.3, -0.25) is 14.4 Å². The molecule has 6 heteroatoms. The van der Waals surface area contributed by atoms with Crippen LogP contribution in [0.4, 0.5) is 0 Å². The smallest absolute Gasteiger partial charge is 0.311 e. The Morgan fingerprint density at radius 1 is 1.33 bits per heavy atom. The number of ether oxygens (including phenoxy) is 1. The number of carbonyl (C=O) groups is 3. The summed E-state index contributed by atoms with van der Waals surface area (Å²) in [5.74, 6) is -1.38. The van der Waals surface area contributed by atoms with Crippen LogP contribution in [0.5, 0.6) is 0 Å². The van der Waals surface area contributed by atoms with Gasteiger partial charge in [-0.25, -0.2) is 0 Å². The Morgan fingerprint density at radius 2 is 2.04 bits per heavy atom. The predicted molar refractivity (Wildman–Crippen MR) is 88.9 cm³/mol. The van der Waals surface area contributed by atoms with E-state index in [1.165, 1.54) is 0 Å². The zero-order chi connectivity index (χ0) is 17.5. The van der Waals surface area contributed by atoms with Crippen molar-refractivity contribution in [1.29, 1.82) is 0 Å². The minimum absolute atomic E-state index is 0.0660. The van der Waals surface area contributed by atoms with Crippen LogP contribution in [0.15, 0.2) is 30.3 Å². The average molecular weight is 332 g/mol. The Morgan fingerprint density at radius 3 is 2.71 bits per heavy atom. The summed E-state index contributed by atoms with van der Waals surface area (Å²) in [6.45, 7) is 4.47. The molecule has 0 radical (unpaired) electrons. The molecule has 0 unspecified atom stereocenters. The van der Waals surface area contributed by atoms with Crippen LogP contribution in [-0.4, -0.2) is 42.4 Å². The summed E-state index contributed by atoms with van der Waals surface area (Å²) >= 11 is 0. The van der Waals surface area contributed by atoms with Gasteiger partial charge in [0.2, 0.25) is 5.91 Å². The van der Waals surface area contributed by atoms with E-state index in [1.54, 1.807) is 4.90 Å². The maximum atomic E-state index is 12.2. The van der Waals surface area contributed by atoms with Crippen LogP contribution in [0.1, 0.15) is 38.3 Å². The lowest BCUT2D eigenvalue weighted by molar-refractivity contribution is -0.152. The van der Waals surface area contributed by atoms with E-state index in [1.807, 2.05) is 44.2 Å². The van der Waals surface area contributed by atoms with Crippen LogP contribution in [0.25, 0.3) is 0 Å². The van der Waals surface area contributed by atoms with Crippen LogP contribution < -0.4 is 5.32 Å². The number of rotatable bonds is 7. The molecule has 1 aliphatic rings. The molecule has 1 aliphatic heterocycles. The summed E-state index contributed by atoms with van der Waals surface area (Å²) in [4.78, 5) is 37.5. The molecule has 1 aromatic rings. The van der Waals surface area contributed by atoms with Gasteiger partial charge < -0.3 is 15.0 Å². The van der Waals surface area contributed by atoms with E-state index in [0.29, 0.717) is 13.1 Å². The normalized spacial score (nSPS) is 18.3. The van der Waals surface area contributed by atoms with Crippen molar-refractivity contribution >= 4 is 17.8 Å². The van der Waals surface area contributed by atoms with Crippen molar-refractivity contribution in [1.82, 2.24) is 10.2 Å². The van der Waals surface area contributed by atoms with Gasteiger partial charge in [-0.05, 0) is 18.9 Å². The van der Waals surface area contributed by atoms with E-state index in [4.69, 9.17) is 4.74 Å². The van der Waals surface area contributed by atoms with Crippen LogP contribution in [0, 0.1) is 5.92 Å². The highest BCUT2D eigenvalue weighted by molar-refractivity contribution is 5.88. The molecule has 0 aromatic heterocycles. The predicted octanol–water partition coefficient (Wildman–Crippen LogP) is 1.67. The van der Waals surface area contributed by atoms with Crippen LogP contribution in [0.2, 0.25) is 0 Å². The molecule has 1 aromatic carbocycles. The lowest BCUT2D eigenvalue weighted by Crippen LogP contribution is -2.32. The van der Waals surface area contributed by atoms with E-state index in [-0.39, 0.29) is 30.9 Å². The molecule has 2 amide bonds. The Kier molecular flexibility index (Phi) is 6.35. The van der Waals surface area contributed by atoms with Crippen molar-refractivity contribution in [2.45, 2.75) is 32.7 Å². The molecule has 2 rings (SSSR count). The van der Waals surface area contributed by atoms with Gasteiger partial charge >= 0.3 is 5.97 Å². The van der Waals surface area contributed by atoms with Crippen LogP contribution in [0.3, 0.4) is 0 Å². The largest absolute Gasteiger partial charge is 0.455 e. The van der Waals surface area contributed by atoms with E-state index in [0.717, 1.165) is 12.0 Å². The molecule has 2 atom stereocenters. The van der Waals surface area contributed by atoms with Crippen molar-refractivity contribution in [2.75, 3.05) is 19.7 Å². The molecule has 6 nitrogen and oxygen atoms in total. The lowest BCUT2D eigenvalue weighted by Gasteiger charge is -2.25. The molecule has 0 spiro atoms. The first kappa shape index (κ1) is 18.0. The van der Waals surface area contributed by atoms with Crippen molar-refractivity contribution in [2.24, 2.45) is 5.92 Å². The van der Waals surface area contributed by atoms with E-state index in [2.05, 4.69) is 5.32 Å². The second-order valence-corrected chi connectivity index (χ2v) is 5.99. The third-order valence-corrected chi connectivity index (χ3v) is 4.16. The summed E-state index contributed by atoms with van der Waals surface area (Å²) in [6, 6.07) is 9.60. The molecule has 0 saturated carbocycles. The molecule has 24 heavy (non-hydrogen) atoms. The third-order valence-electron chi connectivity index (χ3n) is 4.16. The zero-order valence-electron chi connectivity index (χ0n) is 14.2. The lowest BCUT2D eigenvalue weighted by atomic mass is 10.1. The fourth-order valence-electron chi connectivity index (χ4n) is 2.75. The van der Waals surface area contributed by atoms with Crippen molar-refractivity contribution in [3.8, 4) is 0 Å². The van der Waals surface area contributed by atoms with Gasteiger partial charge in [0, 0.05) is 19.5 Å². The Bertz CT molecular complexity index is 588. The minimum atomic E-state index is -0.511. The minimum Gasteiger partial charge on any atom is -0.455 e. The summed E-state index contributed by atoms with van der Waals surface area (Å²) in [5, 5.41) is 2.64. The molecule has 0 aliphatic carbocycles. The number of benzene rings is 1. The van der Waals surface area contributed by atoms with Gasteiger partial charge in [0.15, 0.2) is 6.61 Å². The number of carbonyl (C=O) groups excluding carboxylic acids is 3. The first-order valence-corrected chi connectivity index (χ1v) is 8.30. The van der Waals surface area contributed by atoms with Gasteiger partial charge in [-0.1, -0.05) is 37.3 Å².